The molecule has 0 spiro atoms. The second-order valence-corrected chi connectivity index (χ2v) is 6.37. The third kappa shape index (κ3) is 3.27. The molecule has 1 aliphatic carbocycles. The highest BCUT2D eigenvalue weighted by Crippen LogP contribution is 2.40. The van der Waals surface area contributed by atoms with Crippen molar-refractivity contribution in [3.05, 3.63) is 16.4 Å². The van der Waals surface area contributed by atoms with Gasteiger partial charge in [0, 0.05) is 26.1 Å². The summed E-state index contributed by atoms with van der Waals surface area (Å²) in [6, 6.07) is 0.301. The molecule has 4 nitrogen and oxygen atoms in total. The first-order valence-corrected chi connectivity index (χ1v) is 8.46. The van der Waals surface area contributed by atoms with Gasteiger partial charge in [0.15, 0.2) is 0 Å². The molecule has 0 amide bonds. The number of hydrogen-bond donors (Lipinski definition) is 1. The first-order valence-electron chi connectivity index (χ1n) is 8.08. The van der Waals surface area contributed by atoms with Crippen LogP contribution in [0.15, 0.2) is 0 Å². The minimum absolute atomic E-state index is 0.0325. The molecule has 1 atom stereocenters. The van der Waals surface area contributed by atoms with Gasteiger partial charge < -0.3 is 10.1 Å². The van der Waals surface area contributed by atoms with Crippen LogP contribution in [-0.2, 0) is 17.7 Å². The van der Waals surface area contributed by atoms with Gasteiger partial charge >= 0.3 is 0 Å². The van der Waals surface area contributed by atoms with Gasteiger partial charge in [0.25, 0.3) is 0 Å². The number of nitrogens with one attached hydrogen (secondary N) is 1. The lowest BCUT2D eigenvalue weighted by molar-refractivity contribution is -0.0983. The molecule has 1 aromatic rings. The van der Waals surface area contributed by atoms with Crippen LogP contribution in [0.25, 0.3) is 0 Å². The highest BCUT2D eigenvalue weighted by atomic mass is 35.5. The number of aromatic nitrogens is 2. The third-order valence-electron chi connectivity index (χ3n) is 4.73. The molecule has 0 radical (unpaired) electrons. The number of methoxy groups -OCH3 is 1. The van der Waals surface area contributed by atoms with E-state index in [1.165, 1.54) is 6.42 Å². The fourth-order valence-electron chi connectivity index (χ4n) is 3.24. The fourth-order valence-corrected chi connectivity index (χ4v) is 3.45. The van der Waals surface area contributed by atoms with Crippen LogP contribution >= 0.6 is 11.6 Å². The summed E-state index contributed by atoms with van der Waals surface area (Å²) in [6.45, 7) is 8.13. The summed E-state index contributed by atoms with van der Waals surface area (Å²) in [7, 11) is 1.84. The van der Waals surface area contributed by atoms with Crippen molar-refractivity contribution in [2.75, 3.05) is 13.7 Å². The topological polar surface area (TPSA) is 39.1 Å². The Labute approximate surface area is 133 Å². The summed E-state index contributed by atoms with van der Waals surface area (Å²) in [6.07, 6.45) is 5.50. The predicted octanol–water partition coefficient (Wildman–Crippen LogP) is 3.34. The maximum atomic E-state index is 6.47. The minimum Gasteiger partial charge on any atom is -0.377 e. The Balaban J connectivity index is 2.22. The minimum atomic E-state index is -0.0325. The molecule has 1 aliphatic rings. The molecule has 1 heterocycles. The van der Waals surface area contributed by atoms with Crippen LogP contribution in [0.2, 0.25) is 5.02 Å². The molecule has 1 aromatic heterocycles. The maximum absolute atomic E-state index is 6.47. The van der Waals surface area contributed by atoms with Crippen molar-refractivity contribution in [1.29, 1.82) is 0 Å². The number of nitrogens with zero attached hydrogens (tertiary/aromatic N) is 2. The van der Waals surface area contributed by atoms with Crippen LogP contribution in [-0.4, -0.2) is 35.1 Å². The van der Waals surface area contributed by atoms with E-state index in [9.17, 15) is 0 Å². The van der Waals surface area contributed by atoms with Gasteiger partial charge in [-0.1, -0.05) is 18.5 Å². The lowest BCUT2D eigenvalue weighted by Gasteiger charge is -2.47. The molecule has 2 rings (SSSR count). The van der Waals surface area contributed by atoms with Crippen LogP contribution in [0.4, 0.5) is 0 Å². The summed E-state index contributed by atoms with van der Waals surface area (Å²) < 4.78 is 7.92. The number of rotatable bonds is 8. The molecule has 0 bridgehead atoms. The van der Waals surface area contributed by atoms with E-state index in [2.05, 4.69) is 24.3 Å². The van der Waals surface area contributed by atoms with Crippen LogP contribution in [0, 0.1) is 6.92 Å². The van der Waals surface area contributed by atoms with Crippen LogP contribution in [0.3, 0.4) is 0 Å². The van der Waals surface area contributed by atoms with Gasteiger partial charge in [0.05, 0.1) is 22.0 Å². The van der Waals surface area contributed by atoms with Gasteiger partial charge in [-0.2, -0.15) is 5.10 Å². The van der Waals surface area contributed by atoms with Gasteiger partial charge in [-0.15, -0.1) is 0 Å². The molecule has 0 aromatic carbocycles. The van der Waals surface area contributed by atoms with E-state index >= 15 is 0 Å². The Kier molecular flexibility index (Phi) is 5.69. The number of aryl methyl sites for hydroxylation is 2. The van der Waals surface area contributed by atoms with E-state index in [1.807, 2.05) is 18.7 Å². The molecular weight excluding hydrogens is 286 g/mol. The Bertz CT molecular complexity index is 463. The molecule has 5 heteroatoms. The summed E-state index contributed by atoms with van der Waals surface area (Å²) in [4.78, 5) is 0. The van der Waals surface area contributed by atoms with E-state index in [0.29, 0.717) is 6.04 Å². The van der Waals surface area contributed by atoms with Crippen molar-refractivity contribution in [3.8, 4) is 0 Å². The van der Waals surface area contributed by atoms with Crippen molar-refractivity contribution in [2.45, 2.75) is 71.1 Å². The normalized spacial score (nSPS) is 18.5. The quantitative estimate of drug-likeness (QED) is 0.800. The molecule has 21 heavy (non-hydrogen) atoms. The van der Waals surface area contributed by atoms with Gasteiger partial charge in [0.1, 0.15) is 0 Å². The monoisotopic (exact) mass is 313 g/mol. The van der Waals surface area contributed by atoms with Crippen molar-refractivity contribution >= 4 is 11.6 Å². The second kappa shape index (κ2) is 7.12. The highest BCUT2D eigenvalue weighted by Gasteiger charge is 2.44. The Morgan fingerprint density at radius 3 is 2.62 bits per heavy atom. The maximum Gasteiger partial charge on any atom is 0.0847 e. The SMILES string of the molecule is CCCNC(Cc1c(Cl)c(C)nn1CC)C1(OC)CCC1. The van der Waals surface area contributed by atoms with Crippen molar-refractivity contribution in [1.82, 2.24) is 15.1 Å². The Morgan fingerprint density at radius 1 is 1.43 bits per heavy atom. The lowest BCUT2D eigenvalue weighted by Crippen LogP contribution is -2.57. The molecule has 1 saturated carbocycles. The smallest absolute Gasteiger partial charge is 0.0847 e. The van der Waals surface area contributed by atoms with Gasteiger partial charge in [0.2, 0.25) is 0 Å². The van der Waals surface area contributed by atoms with Crippen molar-refractivity contribution < 1.29 is 4.74 Å². The summed E-state index contributed by atoms with van der Waals surface area (Å²) >= 11 is 6.47. The van der Waals surface area contributed by atoms with Crippen LogP contribution < -0.4 is 5.32 Å². The standard InChI is InChI=1S/C16H28ClN3O/c1-5-10-18-14(16(21-4)8-7-9-16)11-13-15(17)12(3)19-20(13)6-2/h14,18H,5-11H2,1-4H3. The molecule has 1 fully saturated rings. The molecule has 0 aliphatic heterocycles. The average molecular weight is 314 g/mol. The predicted molar refractivity (Wildman–Crippen MR) is 87.0 cm³/mol. The van der Waals surface area contributed by atoms with Crippen molar-refractivity contribution in [3.63, 3.8) is 0 Å². The van der Waals surface area contributed by atoms with E-state index in [4.69, 9.17) is 16.3 Å². The summed E-state index contributed by atoms with van der Waals surface area (Å²) in [5.74, 6) is 0. The van der Waals surface area contributed by atoms with Gasteiger partial charge in [-0.05, 0) is 46.1 Å². The third-order valence-corrected chi connectivity index (χ3v) is 5.22. The number of halogens is 1. The zero-order valence-corrected chi connectivity index (χ0v) is 14.5. The van der Waals surface area contributed by atoms with Crippen LogP contribution in [0.5, 0.6) is 0 Å². The first-order chi connectivity index (χ1) is 10.1. The largest absolute Gasteiger partial charge is 0.377 e. The Morgan fingerprint density at radius 2 is 2.14 bits per heavy atom. The fraction of sp³-hybridized carbons (Fsp3) is 0.812. The van der Waals surface area contributed by atoms with Gasteiger partial charge in [-0.25, -0.2) is 0 Å². The molecule has 1 unspecified atom stereocenters. The zero-order valence-electron chi connectivity index (χ0n) is 13.7. The summed E-state index contributed by atoms with van der Waals surface area (Å²) in [5.41, 5.74) is 2.02. The first kappa shape index (κ1) is 16.8. The Hall–Kier alpha value is -0.580. The van der Waals surface area contributed by atoms with E-state index in [0.717, 1.165) is 55.2 Å². The average Bonchev–Trinajstić information content (AvgIpc) is 2.71. The number of ether oxygens (including phenoxy) is 1. The molecule has 120 valence electrons. The highest BCUT2D eigenvalue weighted by molar-refractivity contribution is 6.31. The van der Waals surface area contributed by atoms with E-state index < -0.39 is 0 Å². The zero-order chi connectivity index (χ0) is 15.5. The lowest BCUT2D eigenvalue weighted by atomic mass is 9.73. The van der Waals surface area contributed by atoms with Gasteiger partial charge in [-0.3, -0.25) is 4.68 Å². The van der Waals surface area contributed by atoms with Crippen LogP contribution in [0.1, 0.15) is 50.9 Å². The number of hydrogen-bond acceptors (Lipinski definition) is 3. The molecule has 0 saturated heterocycles. The molecule has 1 N–H and O–H groups in total. The molecular formula is C16H28ClN3O. The second-order valence-electron chi connectivity index (χ2n) is 6.00. The van der Waals surface area contributed by atoms with Crippen molar-refractivity contribution in [2.24, 2.45) is 0 Å². The van der Waals surface area contributed by atoms with E-state index in [1.54, 1.807) is 0 Å². The van der Waals surface area contributed by atoms with E-state index in [-0.39, 0.29) is 5.60 Å². The summed E-state index contributed by atoms with van der Waals surface area (Å²) in [5, 5.41) is 9.02.